The number of benzene rings is 1. The molecular formula is C16H19ClN4O. The highest BCUT2D eigenvalue weighted by molar-refractivity contribution is 6.30. The molecule has 6 heteroatoms. The van der Waals surface area contributed by atoms with Crippen molar-refractivity contribution in [2.45, 2.75) is 25.8 Å². The largest absolute Gasteiger partial charge is 0.350 e. The van der Waals surface area contributed by atoms with Gasteiger partial charge in [-0.25, -0.2) is 4.68 Å². The third-order valence-corrected chi connectivity index (χ3v) is 4.21. The van der Waals surface area contributed by atoms with Crippen molar-refractivity contribution in [3.8, 4) is 5.69 Å². The third-order valence-electron chi connectivity index (χ3n) is 3.96. The number of rotatable bonds is 5. The number of hydrogen-bond acceptors (Lipinski definition) is 3. The van der Waals surface area contributed by atoms with Gasteiger partial charge in [0.2, 0.25) is 0 Å². The smallest absolute Gasteiger partial charge is 0.254 e. The number of aromatic nitrogens is 2. The Morgan fingerprint density at radius 2 is 2.14 bits per heavy atom. The molecular weight excluding hydrogens is 300 g/mol. The molecule has 1 amide bonds. The number of nitrogens with one attached hydrogen (secondary N) is 1. The van der Waals surface area contributed by atoms with Gasteiger partial charge in [0.1, 0.15) is 0 Å². The number of halogens is 1. The van der Waals surface area contributed by atoms with E-state index < -0.39 is 0 Å². The number of nitrogens with two attached hydrogens (primary N) is 1. The van der Waals surface area contributed by atoms with Crippen LogP contribution in [0.1, 0.15) is 28.9 Å². The summed E-state index contributed by atoms with van der Waals surface area (Å²) in [6.07, 6.45) is 4.08. The monoisotopic (exact) mass is 318 g/mol. The van der Waals surface area contributed by atoms with E-state index in [1.54, 1.807) is 23.0 Å². The van der Waals surface area contributed by atoms with E-state index in [9.17, 15) is 4.79 Å². The zero-order valence-electron chi connectivity index (χ0n) is 12.4. The molecule has 22 heavy (non-hydrogen) atoms. The molecule has 0 radical (unpaired) electrons. The Balaban J connectivity index is 1.71. The molecule has 3 rings (SSSR count). The number of aryl methyl sites for hydroxylation is 1. The van der Waals surface area contributed by atoms with Crippen LogP contribution in [0, 0.1) is 12.8 Å². The Hall–Kier alpha value is -1.85. The molecule has 1 aromatic heterocycles. The summed E-state index contributed by atoms with van der Waals surface area (Å²) in [5, 5.41) is 7.95. The average Bonchev–Trinajstić information content (AvgIpc) is 3.28. The fourth-order valence-electron chi connectivity index (χ4n) is 2.41. The molecule has 0 bridgehead atoms. The molecule has 3 N–H and O–H groups in total. The van der Waals surface area contributed by atoms with Gasteiger partial charge >= 0.3 is 0 Å². The van der Waals surface area contributed by atoms with E-state index in [4.69, 9.17) is 17.3 Å². The third kappa shape index (κ3) is 3.31. The van der Waals surface area contributed by atoms with Gasteiger partial charge in [0.15, 0.2) is 0 Å². The first kappa shape index (κ1) is 15.1. The van der Waals surface area contributed by atoms with Gasteiger partial charge in [0.05, 0.1) is 16.9 Å². The van der Waals surface area contributed by atoms with Crippen molar-refractivity contribution < 1.29 is 4.79 Å². The summed E-state index contributed by atoms with van der Waals surface area (Å²) in [7, 11) is 0. The molecule has 1 aromatic carbocycles. The van der Waals surface area contributed by atoms with Gasteiger partial charge in [-0.1, -0.05) is 11.6 Å². The van der Waals surface area contributed by atoms with Gasteiger partial charge in [-0.3, -0.25) is 4.79 Å². The molecule has 0 aliphatic heterocycles. The van der Waals surface area contributed by atoms with Crippen LogP contribution in [0.2, 0.25) is 5.02 Å². The van der Waals surface area contributed by atoms with Crippen LogP contribution in [-0.4, -0.2) is 28.3 Å². The van der Waals surface area contributed by atoms with Crippen molar-refractivity contribution >= 4 is 17.5 Å². The lowest BCUT2D eigenvalue weighted by Gasteiger charge is -2.10. The van der Waals surface area contributed by atoms with Crippen LogP contribution in [-0.2, 0) is 0 Å². The Morgan fingerprint density at radius 1 is 1.45 bits per heavy atom. The lowest BCUT2D eigenvalue weighted by molar-refractivity contribution is 0.0949. The highest BCUT2D eigenvalue weighted by Gasteiger charge is 2.28. The summed E-state index contributed by atoms with van der Waals surface area (Å²) >= 11 is 5.88. The Bertz CT molecular complexity index is 676. The molecule has 0 saturated heterocycles. The van der Waals surface area contributed by atoms with Gasteiger partial charge in [0.25, 0.3) is 5.91 Å². The van der Waals surface area contributed by atoms with Crippen molar-refractivity contribution in [2.75, 3.05) is 6.54 Å². The predicted octanol–water partition coefficient (Wildman–Crippen LogP) is 2.30. The molecule has 1 saturated carbocycles. The van der Waals surface area contributed by atoms with E-state index in [0.717, 1.165) is 5.69 Å². The Kier molecular flexibility index (Phi) is 4.18. The maximum atomic E-state index is 12.3. The predicted molar refractivity (Wildman–Crippen MR) is 86.3 cm³/mol. The Morgan fingerprint density at radius 3 is 2.77 bits per heavy atom. The lowest BCUT2D eigenvalue weighted by atomic mass is 10.2. The number of carbonyl (C=O) groups is 1. The van der Waals surface area contributed by atoms with Crippen LogP contribution < -0.4 is 11.1 Å². The first-order valence-corrected chi connectivity index (χ1v) is 7.78. The van der Waals surface area contributed by atoms with Gasteiger partial charge in [-0.05, 0) is 49.9 Å². The first-order chi connectivity index (χ1) is 10.5. The number of nitrogens with zero attached hydrogens (tertiary/aromatic N) is 2. The second kappa shape index (κ2) is 6.10. The summed E-state index contributed by atoms with van der Waals surface area (Å²) in [5.74, 6) is 0.437. The molecule has 5 nitrogen and oxygen atoms in total. The van der Waals surface area contributed by atoms with Crippen molar-refractivity contribution in [3.63, 3.8) is 0 Å². The average molecular weight is 319 g/mol. The topological polar surface area (TPSA) is 72.9 Å². The minimum Gasteiger partial charge on any atom is -0.350 e. The summed E-state index contributed by atoms with van der Waals surface area (Å²) in [6, 6.07) is 7.36. The zero-order valence-corrected chi connectivity index (χ0v) is 13.2. The SMILES string of the molecule is Cc1nn(-c2ccc(Cl)cc2)cc1C(=O)NCC(N)C1CC1. The summed E-state index contributed by atoms with van der Waals surface area (Å²) < 4.78 is 1.68. The fourth-order valence-corrected chi connectivity index (χ4v) is 2.53. The van der Waals surface area contributed by atoms with Gasteiger partial charge in [-0.2, -0.15) is 5.10 Å². The van der Waals surface area contributed by atoms with Crippen molar-refractivity contribution in [1.29, 1.82) is 0 Å². The van der Waals surface area contributed by atoms with Crippen molar-refractivity contribution in [1.82, 2.24) is 15.1 Å². The van der Waals surface area contributed by atoms with Crippen LogP contribution in [0.3, 0.4) is 0 Å². The van der Waals surface area contributed by atoms with Crippen LogP contribution in [0.4, 0.5) is 0 Å². The number of carbonyl (C=O) groups excluding carboxylic acids is 1. The van der Waals surface area contributed by atoms with E-state index in [0.29, 0.717) is 28.7 Å². The van der Waals surface area contributed by atoms with E-state index >= 15 is 0 Å². The molecule has 0 spiro atoms. The van der Waals surface area contributed by atoms with Gasteiger partial charge in [0, 0.05) is 23.8 Å². The van der Waals surface area contributed by atoms with Gasteiger partial charge < -0.3 is 11.1 Å². The zero-order chi connectivity index (χ0) is 15.7. The van der Waals surface area contributed by atoms with Crippen LogP contribution >= 0.6 is 11.6 Å². The van der Waals surface area contributed by atoms with Crippen LogP contribution in [0.25, 0.3) is 5.69 Å². The van der Waals surface area contributed by atoms with Crippen molar-refractivity contribution in [2.24, 2.45) is 11.7 Å². The molecule has 116 valence electrons. The van der Waals surface area contributed by atoms with Crippen molar-refractivity contribution in [3.05, 3.63) is 46.7 Å². The summed E-state index contributed by atoms with van der Waals surface area (Å²) in [4.78, 5) is 12.3. The van der Waals surface area contributed by atoms with E-state index in [-0.39, 0.29) is 11.9 Å². The normalized spacial score (nSPS) is 15.6. The minimum atomic E-state index is -0.131. The van der Waals surface area contributed by atoms with E-state index in [1.165, 1.54) is 12.8 Å². The molecule has 1 aliphatic carbocycles. The summed E-state index contributed by atoms with van der Waals surface area (Å²) in [5.41, 5.74) is 8.12. The maximum Gasteiger partial charge on any atom is 0.254 e. The quantitative estimate of drug-likeness (QED) is 0.888. The van der Waals surface area contributed by atoms with Gasteiger partial charge in [-0.15, -0.1) is 0 Å². The minimum absolute atomic E-state index is 0.0515. The highest BCUT2D eigenvalue weighted by Crippen LogP contribution is 2.31. The number of amides is 1. The summed E-state index contributed by atoms with van der Waals surface area (Å²) in [6.45, 7) is 2.33. The number of hydrogen-bond donors (Lipinski definition) is 2. The Labute approximate surface area is 134 Å². The van der Waals surface area contributed by atoms with Crippen LogP contribution in [0.15, 0.2) is 30.5 Å². The van der Waals surface area contributed by atoms with Crippen LogP contribution in [0.5, 0.6) is 0 Å². The first-order valence-electron chi connectivity index (χ1n) is 7.40. The fraction of sp³-hybridized carbons (Fsp3) is 0.375. The molecule has 1 aliphatic rings. The van der Waals surface area contributed by atoms with E-state index in [2.05, 4.69) is 10.4 Å². The highest BCUT2D eigenvalue weighted by atomic mass is 35.5. The second-order valence-electron chi connectivity index (χ2n) is 5.76. The standard InChI is InChI=1S/C16H19ClN4O/c1-10-14(16(22)19-8-15(18)11-2-3-11)9-21(20-10)13-6-4-12(17)5-7-13/h4-7,9,11,15H,2-3,8,18H2,1H3,(H,19,22). The molecule has 1 heterocycles. The van der Waals surface area contributed by atoms with E-state index in [1.807, 2.05) is 19.1 Å². The molecule has 1 unspecified atom stereocenters. The lowest BCUT2D eigenvalue weighted by Crippen LogP contribution is -2.38. The second-order valence-corrected chi connectivity index (χ2v) is 6.20. The molecule has 1 fully saturated rings. The molecule has 1 atom stereocenters. The maximum absolute atomic E-state index is 12.3. The molecule has 2 aromatic rings.